The van der Waals surface area contributed by atoms with E-state index in [9.17, 15) is 4.79 Å². The fourth-order valence-electron chi connectivity index (χ4n) is 1.12. The summed E-state index contributed by atoms with van der Waals surface area (Å²) in [5.74, 6) is -0.0960. The van der Waals surface area contributed by atoms with Gasteiger partial charge >= 0.3 is 0 Å². The SMILES string of the molecule is O=C(NCc1cccnn1)c1ccc(Br)s1. The van der Waals surface area contributed by atoms with E-state index in [1.165, 1.54) is 11.3 Å². The molecule has 16 heavy (non-hydrogen) atoms. The first-order chi connectivity index (χ1) is 7.75. The number of nitrogens with zero attached hydrogens (tertiary/aromatic N) is 2. The molecule has 2 rings (SSSR count). The third kappa shape index (κ3) is 2.86. The Kier molecular flexibility index (Phi) is 3.63. The van der Waals surface area contributed by atoms with E-state index in [0.717, 1.165) is 9.48 Å². The maximum Gasteiger partial charge on any atom is 0.261 e. The molecule has 0 aliphatic carbocycles. The Morgan fingerprint density at radius 1 is 1.44 bits per heavy atom. The number of nitrogens with one attached hydrogen (secondary N) is 1. The molecule has 0 fully saturated rings. The summed E-state index contributed by atoms with van der Waals surface area (Å²) in [6.45, 7) is 0.391. The summed E-state index contributed by atoms with van der Waals surface area (Å²) in [5, 5.41) is 10.4. The molecule has 0 spiro atoms. The molecule has 6 heteroatoms. The molecule has 0 saturated heterocycles. The molecule has 0 atom stereocenters. The largest absolute Gasteiger partial charge is 0.346 e. The summed E-state index contributed by atoms with van der Waals surface area (Å²) in [4.78, 5) is 12.3. The number of amides is 1. The Balaban J connectivity index is 1.94. The summed E-state index contributed by atoms with van der Waals surface area (Å²) in [5.41, 5.74) is 0.742. The van der Waals surface area contributed by atoms with Gasteiger partial charge in [-0.1, -0.05) is 0 Å². The lowest BCUT2D eigenvalue weighted by molar-refractivity contribution is 0.0954. The van der Waals surface area contributed by atoms with E-state index < -0.39 is 0 Å². The molecular weight excluding hydrogens is 290 g/mol. The van der Waals surface area contributed by atoms with Crippen LogP contribution in [0.4, 0.5) is 0 Å². The van der Waals surface area contributed by atoms with Gasteiger partial charge in [0, 0.05) is 6.20 Å². The van der Waals surface area contributed by atoms with Crippen molar-refractivity contribution >= 4 is 33.2 Å². The van der Waals surface area contributed by atoms with Crippen molar-refractivity contribution in [1.29, 1.82) is 0 Å². The van der Waals surface area contributed by atoms with Crippen molar-refractivity contribution in [3.8, 4) is 0 Å². The number of aromatic nitrogens is 2. The molecule has 0 aliphatic rings. The van der Waals surface area contributed by atoms with Crippen molar-refractivity contribution in [2.24, 2.45) is 0 Å². The molecule has 4 nitrogen and oxygen atoms in total. The van der Waals surface area contributed by atoms with Crippen molar-refractivity contribution in [2.75, 3.05) is 0 Å². The van der Waals surface area contributed by atoms with Crippen LogP contribution < -0.4 is 5.32 Å². The number of halogens is 1. The van der Waals surface area contributed by atoms with Gasteiger partial charge in [-0.15, -0.1) is 11.3 Å². The monoisotopic (exact) mass is 297 g/mol. The fraction of sp³-hybridized carbons (Fsp3) is 0.100. The smallest absolute Gasteiger partial charge is 0.261 e. The van der Waals surface area contributed by atoms with Crippen LogP contribution in [0.2, 0.25) is 0 Å². The van der Waals surface area contributed by atoms with Gasteiger partial charge in [0.05, 0.1) is 20.9 Å². The van der Waals surface area contributed by atoms with E-state index >= 15 is 0 Å². The number of thiophene rings is 1. The van der Waals surface area contributed by atoms with Crippen LogP contribution in [0.3, 0.4) is 0 Å². The first-order valence-corrected chi connectivity index (χ1v) is 6.17. The molecule has 0 aliphatic heterocycles. The van der Waals surface area contributed by atoms with E-state index in [1.807, 2.05) is 12.1 Å². The van der Waals surface area contributed by atoms with Crippen LogP contribution >= 0.6 is 27.3 Å². The number of carbonyl (C=O) groups excluding carboxylic acids is 1. The quantitative estimate of drug-likeness (QED) is 0.945. The van der Waals surface area contributed by atoms with Gasteiger partial charge < -0.3 is 5.32 Å². The summed E-state index contributed by atoms with van der Waals surface area (Å²) < 4.78 is 0.942. The lowest BCUT2D eigenvalue weighted by Gasteiger charge is -2.01. The average molecular weight is 298 g/mol. The molecule has 0 aromatic carbocycles. The molecule has 2 aromatic rings. The highest BCUT2D eigenvalue weighted by Crippen LogP contribution is 2.21. The number of carbonyl (C=O) groups is 1. The Bertz CT molecular complexity index is 486. The van der Waals surface area contributed by atoms with Crippen LogP contribution in [0.5, 0.6) is 0 Å². The molecule has 0 radical (unpaired) electrons. The maximum absolute atomic E-state index is 11.7. The highest BCUT2D eigenvalue weighted by atomic mass is 79.9. The van der Waals surface area contributed by atoms with Gasteiger partial charge in [0.15, 0.2) is 0 Å². The van der Waals surface area contributed by atoms with Gasteiger partial charge in [-0.25, -0.2) is 0 Å². The highest BCUT2D eigenvalue weighted by Gasteiger charge is 2.07. The Morgan fingerprint density at radius 2 is 2.31 bits per heavy atom. The topological polar surface area (TPSA) is 54.9 Å². The Hall–Kier alpha value is -1.27. The molecule has 0 bridgehead atoms. The van der Waals surface area contributed by atoms with E-state index in [-0.39, 0.29) is 5.91 Å². The van der Waals surface area contributed by atoms with Gasteiger partial charge in [0.1, 0.15) is 0 Å². The first-order valence-electron chi connectivity index (χ1n) is 4.56. The van der Waals surface area contributed by atoms with Crippen molar-refractivity contribution in [3.05, 3.63) is 44.8 Å². The van der Waals surface area contributed by atoms with Gasteiger partial charge in [-0.2, -0.15) is 10.2 Å². The Labute approximate surface area is 105 Å². The van der Waals surface area contributed by atoms with Gasteiger partial charge in [-0.05, 0) is 40.2 Å². The fourth-order valence-corrected chi connectivity index (χ4v) is 2.42. The van der Waals surface area contributed by atoms with Crippen LogP contribution in [0.15, 0.2) is 34.2 Å². The van der Waals surface area contributed by atoms with E-state index in [4.69, 9.17) is 0 Å². The average Bonchev–Trinajstić information content (AvgIpc) is 2.74. The minimum atomic E-state index is -0.0960. The van der Waals surface area contributed by atoms with Crippen LogP contribution in [0, 0.1) is 0 Å². The molecule has 1 amide bonds. The van der Waals surface area contributed by atoms with Gasteiger partial charge in [-0.3, -0.25) is 4.79 Å². The summed E-state index contributed by atoms with van der Waals surface area (Å²) in [6.07, 6.45) is 1.60. The summed E-state index contributed by atoms with van der Waals surface area (Å²) in [7, 11) is 0. The summed E-state index contributed by atoms with van der Waals surface area (Å²) in [6, 6.07) is 7.23. The summed E-state index contributed by atoms with van der Waals surface area (Å²) >= 11 is 4.71. The second-order valence-corrected chi connectivity index (χ2v) is 5.46. The van der Waals surface area contributed by atoms with Crippen molar-refractivity contribution < 1.29 is 4.79 Å². The lowest BCUT2D eigenvalue weighted by atomic mass is 10.3. The minimum Gasteiger partial charge on any atom is -0.346 e. The van der Waals surface area contributed by atoms with Crippen LogP contribution in [-0.2, 0) is 6.54 Å². The zero-order valence-corrected chi connectivity index (χ0v) is 10.6. The van der Waals surface area contributed by atoms with Crippen LogP contribution in [0.25, 0.3) is 0 Å². The predicted molar refractivity (Wildman–Crippen MR) is 65.2 cm³/mol. The van der Waals surface area contributed by atoms with E-state index in [2.05, 4.69) is 31.4 Å². The minimum absolute atomic E-state index is 0.0960. The van der Waals surface area contributed by atoms with Crippen molar-refractivity contribution in [2.45, 2.75) is 6.54 Å². The normalized spacial score (nSPS) is 10.1. The van der Waals surface area contributed by atoms with Crippen molar-refractivity contribution in [1.82, 2.24) is 15.5 Å². The second-order valence-electron chi connectivity index (χ2n) is 3.00. The molecule has 2 heterocycles. The van der Waals surface area contributed by atoms with Gasteiger partial charge in [0.2, 0.25) is 0 Å². The molecule has 2 aromatic heterocycles. The predicted octanol–water partition coefficient (Wildman–Crippen LogP) is 2.23. The number of hydrogen-bond acceptors (Lipinski definition) is 4. The molecular formula is C10H8BrN3OS. The van der Waals surface area contributed by atoms with Gasteiger partial charge in [0.25, 0.3) is 5.91 Å². The maximum atomic E-state index is 11.7. The zero-order valence-electron chi connectivity index (χ0n) is 8.18. The first kappa shape index (κ1) is 11.2. The zero-order chi connectivity index (χ0) is 11.4. The molecule has 1 N–H and O–H groups in total. The number of rotatable bonds is 3. The molecule has 0 saturated carbocycles. The third-order valence-electron chi connectivity index (χ3n) is 1.85. The number of hydrogen-bond donors (Lipinski definition) is 1. The lowest BCUT2D eigenvalue weighted by Crippen LogP contribution is -2.22. The van der Waals surface area contributed by atoms with E-state index in [0.29, 0.717) is 11.4 Å². The standard InChI is InChI=1S/C10H8BrN3OS/c11-9-4-3-8(16-9)10(15)12-6-7-2-1-5-13-14-7/h1-5H,6H2,(H,12,15). The second kappa shape index (κ2) is 5.18. The molecule has 0 unspecified atom stereocenters. The van der Waals surface area contributed by atoms with Crippen LogP contribution in [-0.4, -0.2) is 16.1 Å². The highest BCUT2D eigenvalue weighted by molar-refractivity contribution is 9.11. The molecule has 82 valence electrons. The third-order valence-corrected chi connectivity index (χ3v) is 3.48. The van der Waals surface area contributed by atoms with Crippen LogP contribution in [0.1, 0.15) is 15.4 Å². The van der Waals surface area contributed by atoms with E-state index in [1.54, 1.807) is 18.3 Å². The van der Waals surface area contributed by atoms with Crippen molar-refractivity contribution in [3.63, 3.8) is 0 Å². The Morgan fingerprint density at radius 3 is 2.94 bits per heavy atom.